The van der Waals surface area contributed by atoms with Gasteiger partial charge in [0.1, 0.15) is 5.75 Å². The van der Waals surface area contributed by atoms with Crippen LogP contribution in [0, 0.1) is 10.8 Å². The number of rotatable bonds is 5. The summed E-state index contributed by atoms with van der Waals surface area (Å²) >= 11 is 0. The third kappa shape index (κ3) is 4.41. The van der Waals surface area contributed by atoms with Crippen molar-refractivity contribution in [2.75, 3.05) is 18.6 Å². The average Bonchev–Trinajstić information content (AvgIpc) is 2.66. The van der Waals surface area contributed by atoms with Crippen molar-refractivity contribution < 1.29 is 45.3 Å². The maximum Gasteiger partial charge on any atom is 0.447 e. The summed E-state index contributed by atoms with van der Waals surface area (Å²) in [7, 11) is 1.40. The molecule has 1 saturated heterocycles. The number of alkyl halides is 6. The van der Waals surface area contributed by atoms with E-state index in [0.29, 0.717) is 0 Å². The highest BCUT2D eigenvalue weighted by molar-refractivity contribution is 5.99. The number of carbonyl (C=O) groups is 1. The van der Waals surface area contributed by atoms with Gasteiger partial charge in [-0.1, -0.05) is 27.7 Å². The van der Waals surface area contributed by atoms with Gasteiger partial charge in [0.15, 0.2) is 0 Å². The number of hydrogen-bond donors (Lipinski definition) is 0. The summed E-state index contributed by atoms with van der Waals surface area (Å²) in [4.78, 5) is 12.7. The van der Waals surface area contributed by atoms with Crippen molar-refractivity contribution in [3.63, 3.8) is 0 Å². The van der Waals surface area contributed by atoms with Gasteiger partial charge in [0.05, 0.1) is 12.0 Å². The fraction of sp³-hybridized carbons (Fsp3) is 0.667. The summed E-state index contributed by atoms with van der Waals surface area (Å²) < 4.78 is 98.8. The second-order valence-electron chi connectivity index (χ2n) is 9.03. The van der Waals surface area contributed by atoms with Crippen molar-refractivity contribution in [1.82, 2.24) is 0 Å². The van der Waals surface area contributed by atoms with Gasteiger partial charge in [-0.05, 0) is 37.6 Å². The predicted octanol–water partition coefficient (Wildman–Crippen LogP) is 5.68. The normalized spacial score (nSPS) is 23.2. The first-order valence-electron chi connectivity index (χ1n) is 9.86. The number of hydrogen-bond acceptors (Lipinski definition) is 4. The molecule has 1 aromatic rings. The van der Waals surface area contributed by atoms with Gasteiger partial charge in [0.25, 0.3) is 0 Å². The molecule has 0 aliphatic carbocycles. The van der Waals surface area contributed by atoms with Crippen molar-refractivity contribution in [2.24, 2.45) is 10.8 Å². The molecule has 32 heavy (non-hydrogen) atoms. The highest BCUT2D eigenvalue weighted by atomic mass is 19.4. The van der Waals surface area contributed by atoms with Crippen LogP contribution in [0.3, 0.4) is 0 Å². The maximum absolute atomic E-state index is 13.9. The van der Waals surface area contributed by atoms with Gasteiger partial charge < -0.3 is 14.2 Å². The van der Waals surface area contributed by atoms with Crippen LogP contribution in [-0.2, 0) is 14.3 Å². The van der Waals surface area contributed by atoms with Crippen molar-refractivity contribution in [1.29, 1.82) is 0 Å². The second kappa shape index (κ2) is 8.40. The van der Waals surface area contributed by atoms with Crippen LogP contribution in [0.2, 0.25) is 0 Å². The number of halogens is 6. The smallest absolute Gasteiger partial charge is 0.447 e. The van der Waals surface area contributed by atoms with E-state index in [9.17, 15) is 31.1 Å². The van der Waals surface area contributed by atoms with Crippen LogP contribution < -0.4 is 9.64 Å². The lowest BCUT2D eigenvalue weighted by Gasteiger charge is -2.51. The Hall–Kier alpha value is -2.01. The predicted molar refractivity (Wildman–Crippen MR) is 104 cm³/mol. The number of ether oxygens (including phenoxy) is 3. The van der Waals surface area contributed by atoms with Crippen LogP contribution in [0.1, 0.15) is 41.0 Å². The molecular formula is C21H27F6NO4. The Kier molecular flexibility index (Phi) is 6.89. The molecule has 2 unspecified atom stereocenters. The first-order chi connectivity index (χ1) is 14.4. The summed E-state index contributed by atoms with van der Waals surface area (Å²) in [6.45, 7) is 7.20. The molecule has 0 spiro atoms. The standard InChI is InChI=1S/C21H27F6NO4/c1-7-18(5)12-31-19(20(22,23)24,21(25,26)27)28(15(18)29)13-8-10-14(11-9-13)32-16(30-6)17(2,3)4/h8-11,16H,7,12H2,1-6H3. The molecule has 2 rings (SSSR count). The van der Waals surface area contributed by atoms with Gasteiger partial charge >= 0.3 is 18.1 Å². The van der Waals surface area contributed by atoms with Crippen LogP contribution in [0.25, 0.3) is 0 Å². The van der Waals surface area contributed by atoms with Crippen molar-refractivity contribution in [3.8, 4) is 5.75 Å². The number of benzene rings is 1. The van der Waals surface area contributed by atoms with E-state index in [2.05, 4.69) is 4.74 Å². The van der Waals surface area contributed by atoms with Gasteiger partial charge in [-0.25, -0.2) is 0 Å². The highest BCUT2D eigenvalue weighted by Gasteiger charge is 2.79. The third-order valence-corrected chi connectivity index (χ3v) is 5.44. The zero-order valence-electron chi connectivity index (χ0n) is 18.6. The lowest BCUT2D eigenvalue weighted by atomic mass is 9.83. The van der Waals surface area contributed by atoms with Crippen LogP contribution in [0.4, 0.5) is 32.0 Å². The molecule has 0 radical (unpaired) electrons. The number of anilines is 1. The molecule has 0 N–H and O–H groups in total. The van der Waals surface area contributed by atoms with Crippen molar-refractivity contribution in [3.05, 3.63) is 24.3 Å². The lowest BCUT2D eigenvalue weighted by molar-refractivity contribution is -0.387. The SMILES string of the molecule is CCC1(C)COC(C(F)(F)F)(C(F)(F)F)N(c2ccc(OC(OC)C(C)(C)C)cc2)C1=O. The van der Waals surface area contributed by atoms with E-state index in [-0.39, 0.29) is 17.1 Å². The van der Waals surface area contributed by atoms with E-state index < -0.39 is 53.4 Å². The fourth-order valence-corrected chi connectivity index (χ4v) is 3.31. The number of carbonyl (C=O) groups excluding carboxylic acids is 1. The largest absolute Gasteiger partial charge is 0.464 e. The Bertz CT molecular complexity index is 802. The Morgan fingerprint density at radius 2 is 1.56 bits per heavy atom. The first kappa shape index (κ1) is 26.2. The monoisotopic (exact) mass is 471 g/mol. The zero-order chi connectivity index (χ0) is 24.8. The quantitative estimate of drug-likeness (QED) is 0.409. The Labute approximate surface area is 182 Å². The molecule has 1 amide bonds. The molecule has 1 heterocycles. The third-order valence-electron chi connectivity index (χ3n) is 5.44. The van der Waals surface area contributed by atoms with Gasteiger partial charge in [0.2, 0.25) is 12.2 Å². The average molecular weight is 471 g/mol. The Morgan fingerprint density at radius 3 is 1.94 bits per heavy atom. The maximum atomic E-state index is 13.9. The summed E-state index contributed by atoms with van der Waals surface area (Å²) in [6.07, 6.45) is -12.6. The van der Waals surface area contributed by atoms with E-state index in [1.165, 1.54) is 33.1 Å². The molecule has 2 atom stereocenters. The minimum Gasteiger partial charge on any atom is -0.464 e. The van der Waals surface area contributed by atoms with Gasteiger partial charge in [-0.15, -0.1) is 0 Å². The Morgan fingerprint density at radius 1 is 1.06 bits per heavy atom. The molecule has 1 fully saturated rings. The molecule has 0 saturated carbocycles. The highest BCUT2D eigenvalue weighted by Crippen LogP contribution is 2.54. The van der Waals surface area contributed by atoms with Crippen molar-refractivity contribution >= 4 is 11.6 Å². The van der Waals surface area contributed by atoms with Crippen LogP contribution in [0.5, 0.6) is 5.75 Å². The topological polar surface area (TPSA) is 48.0 Å². The summed E-state index contributed by atoms with van der Waals surface area (Å²) in [6, 6.07) is 4.27. The van der Waals surface area contributed by atoms with Crippen LogP contribution >= 0.6 is 0 Å². The van der Waals surface area contributed by atoms with Gasteiger partial charge in [-0.2, -0.15) is 26.3 Å². The summed E-state index contributed by atoms with van der Waals surface area (Å²) in [5.41, 5.74) is -7.47. The first-order valence-corrected chi connectivity index (χ1v) is 9.86. The molecule has 0 bridgehead atoms. The van der Waals surface area contributed by atoms with E-state index >= 15 is 0 Å². The molecule has 1 aromatic carbocycles. The van der Waals surface area contributed by atoms with E-state index in [1.54, 1.807) is 0 Å². The number of amides is 1. The zero-order valence-corrected chi connectivity index (χ0v) is 18.6. The van der Waals surface area contributed by atoms with Crippen molar-refractivity contribution in [2.45, 2.75) is 65.4 Å². The van der Waals surface area contributed by atoms with Crippen LogP contribution in [-0.4, -0.2) is 44.0 Å². The minimum absolute atomic E-state index is 0.0174. The molecule has 1 aliphatic rings. The number of nitrogens with zero attached hydrogens (tertiary/aromatic N) is 1. The van der Waals surface area contributed by atoms with E-state index in [0.717, 1.165) is 12.1 Å². The van der Waals surface area contributed by atoms with E-state index in [4.69, 9.17) is 9.47 Å². The molecule has 0 aromatic heterocycles. The Balaban J connectivity index is 2.59. The second-order valence-corrected chi connectivity index (χ2v) is 9.03. The molecule has 5 nitrogen and oxygen atoms in total. The van der Waals surface area contributed by atoms with Crippen LogP contribution in [0.15, 0.2) is 24.3 Å². The molecule has 1 aliphatic heterocycles. The lowest BCUT2D eigenvalue weighted by Crippen LogP contribution is -2.76. The molecule has 11 heteroatoms. The summed E-state index contributed by atoms with van der Waals surface area (Å²) in [5.74, 6) is -1.19. The van der Waals surface area contributed by atoms with Gasteiger partial charge in [-0.3, -0.25) is 9.69 Å². The molecule has 182 valence electrons. The number of methoxy groups -OCH3 is 1. The van der Waals surface area contributed by atoms with Gasteiger partial charge in [0, 0.05) is 18.2 Å². The molecular weight excluding hydrogens is 444 g/mol. The van der Waals surface area contributed by atoms with E-state index in [1.807, 2.05) is 20.8 Å². The summed E-state index contributed by atoms with van der Waals surface area (Å²) in [5, 5.41) is 0. The fourth-order valence-electron chi connectivity index (χ4n) is 3.31. The minimum atomic E-state index is -5.95.